The minimum Gasteiger partial charge on any atom is -0.353 e. The smallest absolute Gasteiger partial charge is 0.191 e. The first-order valence-corrected chi connectivity index (χ1v) is 5.97. The first-order valence-electron chi connectivity index (χ1n) is 5.97. The highest BCUT2D eigenvalue weighted by Crippen LogP contribution is 2.34. The zero-order valence-corrected chi connectivity index (χ0v) is 13.5. The molecule has 1 fully saturated rings. The summed E-state index contributed by atoms with van der Waals surface area (Å²) in [5.41, 5.74) is 0.0803. The molecule has 2 atom stereocenters. The van der Waals surface area contributed by atoms with Crippen LogP contribution in [0.4, 0.5) is 0 Å². The molecule has 0 spiro atoms. The zero-order valence-electron chi connectivity index (χ0n) is 11.1. The normalized spacial score (nSPS) is 24.7. The highest BCUT2D eigenvalue weighted by Gasteiger charge is 2.36. The molecule has 16 heavy (non-hydrogen) atoms. The van der Waals surface area contributed by atoms with Crippen LogP contribution in [0.15, 0.2) is 4.99 Å². The van der Waals surface area contributed by atoms with Crippen LogP contribution >= 0.6 is 24.0 Å². The van der Waals surface area contributed by atoms with E-state index < -0.39 is 0 Å². The Morgan fingerprint density at radius 3 is 2.44 bits per heavy atom. The quantitative estimate of drug-likeness (QED) is 0.471. The van der Waals surface area contributed by atoms with Crippen LogP contribution in [0.1, 0.15) is 47.0 Å². The van der Waals surface area contributed by atoms with E-state index in [0.717, 1.165) is 11.9 Å². The molecule has 0 aromatic rings. The first kappa shape index (κ1) is 16.0. The van der Waals surface area contributed by atoms with E-state index in [1.54, 1.807) is 0 Å². The van der Waals surface area contributed by atoms with Crippen LogP contribution in [-0.4, -0.2) is 24.6 Å². The number of halogens is 1. The van der Waals surface area contributed by atoms with Crippen LogP contribution in [0.5, 0.6) is 0 Å². The molecule has 0 heterocycles. The SMILES string of the molecule is CCCC1CC1NC(=NC)NC(C)(C)C.I. The summed E-state index contributed by atoms with van der Waals surface area (Å²) in [6.45, 7) is 8.69. The topological polar surface area (TPSA) is 36.4 Å². The number of nitrogens with one attached hydrogen (secondary N) is 2. The molecule has 0 amide bonds. The maximum atomic E-state index is 4.24. The average molecular weight is 339 g/mol. The Balaban J connectivity index is 0.00000225. The van der Waals surface area contributed by atoms with Gasteiger partial charge in [-0.05, 0) is 39.5 Å². The van der Waals surface area contributed by atoms with Crippen LogP contribution in [0.2, 0.25) is 0 Å². The maximum absolute atomic E-state index is 4.24. The third kappa shape index (κ3) is 5.92. The van der Waals surface area contributed by atoms with Gasteiger partial charge in [0.15, 0.2) is 5.96 Å². The fraction of sp³-hybridized carbons (Fsp3) is 0.917. The van der Waals surface area contributed by atoms with Crippen LogP contribution in [0, 0.1) is 5.92 Å². The Morgan fingerprint density at radius 1 is 1.38 bits per heavy atom. The molecule has 1 saturated carbocycles. The van der Waals surface area contributed by atoms with Crippen LogP contribution < -0.4 is 10.6 Å². The number of nitrogens with zero attached hydrogens (tertiary/aromatic N) is 1. The number of guanidine groups is 1. The van der Waals surface area contributed by atoms with Crippen molar-refractivity contribution in [2.24, 2.45) is 10.9 Å². The van der Waals surface area contributed by atoms with Gasteiger partial charge in [-0.1, -0.05) is 13.3 Å². The highest BCUT2D eigenvalue weighted by molar-refractivity contribution is 14.0. The third-order valence-electron chi connectivity index (χ3n) is 2.62. The average Bonchev–Trinajstić information content (AvgIpc) is 2.81. The van der Waals surface area contributed by atoms with E-state index in [0.29, 0.717) is 6.04 Å². The standard InChI is InChI=1S/C12H25N3.HI/c1-6-7-9-8-10(9)14-11(13-5)15-12(2,3)4;/h9-10H,6-8H2,1-5H3,(H2,13,14,15);1H. The lowest BCUT2D eigenvalue weighted by Gasteiger charge is -2.23. The lowest BCUT2D eigenvalue weighted by Crippen LogP contribution is -2.48. The molecule has 1 rings (SSSR count). The molecule has 2 unspecified atom stereocenters. The van der Waals surface area contributed by atoms with E-state index in [1.807, 2.05) is 7.05 Å². The summed E-state index contributed by atoms with van der Waals surface area (Å²) in [5.74, 6) is 1.81. The molecule has 1 aliphatic rings. The second kappa shape index (κ2) is 6.67. The molecule has 0 radical (unpaired) electrons. The van der Waals surface area contributed by atoms with Gasteiger partial charge < -0.3 is 10.6 Å². The monoisotopic (exact) mass is 339 g/mol. The summed E-state index contributed by atoms with van der Waals surface area (Å²) in [5, 5.41) is 6.85. The summed E-state index contributed by atoms with van der Waals surface area (Å²) in [7, 11) is 1.83. The number of hydrogen-bond acceptors (Lipinski definition) is 1. The van der Waals surface area contributed by atoms with Gasteiger partial charge in [0, 0.05) is 18.6 Å². The van der Waals surface area contributed by atoms with Crippen molar-refractivity contribution in [3.8, 4) is 0 Å². The summed E-state index contributed by atoms with van der Waals surface area (Å²) < 4.78 is 0. The van der Waals surface area contributed by atoms with Gasteiger partial charge in [0.05, 0.1) is 0 Å². The summed E-state index contributed by atoms with van der Waals surface area (Å²) in [6, 6.07) is 0.651. The number of aliphatic imine (C=N–C) groups is 1. The van der Waals surface area contributed by atoms with Crippen molar-refractivity contribution in [2.75, 3.05) is 7.05 Å². The van der Waals surface area contributed by atoms with Gasteiger partial charge in [0.2, 0.25) is 0 Å². The van der Waals surface area contributed by atoms with Crippen molar-refractivity contribution in [3.05, 3.63) is 0 Å². The van der Waals surface area contributed by atoms with E-state index in [1.165, 1.54) is 19.3 Å². The summed E-state index contributed by atoms with van der Waals surface area (Å²) >= 11 is 0. The number of hydrogen-bond donors (Lipinski definition) is 2. The Kier molecular flexibility index (Phi) is 6.67. The molecule has 0 bridgehead atoms. The fourth-order valence-electron chi connectivity index (χ4n) is 1.80. The van der Waals surface area contributed by atoms with Gasteiger partial charge in [-0.25, -0.2) is 0 Å². The molecule has 0 aromatic heterocycles. The predicted octanol–water partition coefficient (Wildman–Crippen LogP) is 2.76. The number of rotatable bonds is 3. The van der Waals surface area contributed by atoms with E-state index in [4.69, 9.17) is 0 Å². The lowest BCUT2D eigenvalue weighted by atomic mass is 10.1. The molecule has 0 aromatic carbocycles. The molecular weight excluding hydrogens is 313 g/mol. The van der Waals surface area contributed by atoms with E-state index in [2.05, 4.69) is 43.3 Å². The molecule has 0 saturated heterocycles. The zero-order chi connectivity index (χ0) is 11.5. The Labute approximate surface area is 117 Å². The molecule has 0 aliphatic heterocycles. The van der Waals surface area contributed by atoms with Crippen LogP contribution in [-0.2, 0) is 0 Å². The Morgan fingerprint density at radius 2 is 2.00 bits per heavy atom. The second-order valence-electron chi connectivity index (χ2n) is 5.48. The van der Waals surface area contributed by atoms with Crippen LogP contribution in [0.25, 0.3) is 0 Å². The molecule has 1 aliphatic carbocycles. The Hall–Kier alpha value is 0. The van der Waals surface area contributed by atoms with Crippen molar-refractivity contribution >= 4 is 29.9 Å². The predicted molar refractivity (Wildman–Crippen MR) is 81.6 cm³/mol. The highest BCUT2D eigenvalue weighted by atomic mass is 127. The Bertz CT molecular complexity index is 233. The largest absolute Gasteiger partial charge is 0.353 e. The minimum absolute atomic E-state index is 0. The van der Waals surface area contributed by atoms with Crippen molar-refractivity contribution in [1.82, 2.24) is 10.6 Å². The van der Waals surface area contributed by atoms with Gasteiger partial charge in [-0.15, -0.1) is 24.0 Å². The van der Waals surface area contributed by atoms with Crippen molar-refractivity contribution in [1.29, 1.82) is 0 Å². The van der Waals surface area contributed by atoms with Gasteiger partial charge >= 0.3 is 0 Å². The molecular formula is C12H26IN3. The van der Waals surface area contributed by atoms with Gasteiger partial charge in [0.1, 0.15) is 0 Å². The van der Waals surface area contributed by atoms with Crippen molar-refractivity contribution in [3.63, 3.8) is 0 Å². The van der Waals surface area contributed by atoms with Crippen molar-refractivity contribution < 1.29 is 0 Å². The fourth-order valence-corrected chi connectivity index (χ4v) is 1.80. The lowest BCUT2D eigenvalue weighted by molar-refractivity contribution is 0.499. The van der Waals surface area contributed by atoms with E-state index >= 15 is 0 Å². The summed E-state index contributed by atoms with van der Waals surface area (Å²) in [6.07, 6.45) is 3.93. The van der Waals surface area contributed by atoms with E-state index in [9.17, 15) is 0 Å². The maximum Gasteiger partial charge on any atom is 0.191 e. The molecule has 4 heteroatoms. The van der Waals surface area contributed by atoms with Crippen LogP contribution in [0.3, 0.4) is 0 Å². The van der Waals surface area contributed by atoms with Gasteiger partial charge in [0.25, 0.3) is 0 Å². The molecule has 2 N–H and O–H groups in total. The first-order chi connectivity index (χ1) is 6.96. The van der Waals surface area contributed by atoms with Gasteiger partial charge in [-0.2, -0.15) is 0 Å². The van der Waals surface area contributed by atoms with Gasteiger partial charge in [-0.3, -0.25) is 4.99 Å². The summed E-state index contributed by atoms with van der Waals surface area (Å²) in [4.78, 5) is 4.24. The van der Waals surface area contributed by atoms with E-state index in [-0.39, 0.29) is 29.5 Å². The second-order valence-corrected chi connectivity index (χ2v) is 5.48. The molecule has 96 valence electrons. The third-order valence-corrected chi connectivity index (χ3v) is 2.62. The van der Waals surface area contributed by atoms with Crippen molar-refractivity contribution in [2.45, 2.75) is 58.5 Å². The minimum atomic E-state index is 0. The molecule has 3 nitrogen and oxygen atoms in total.